The van der Waals surface area contributed by atoms with E-state index in [4.69, 9.17) is 9.47 Å². The molecule has 0 radical (unpaired) electrons. The molecule has 0 fully saturated rings. The van der Waals surface area contributed by atoms with Gasteiger partial charge in [0, 0.05) is 13.1 Å². The highest BCUT2D eigenvalue weighted by Crippen LogP contribution is 2.11. The third-order valence-corrected chi connectivity index (χ3v) is 4.07. The van der Waals surface area contributed by atoms with E-state index in [1.54, 1.807) is 20.8 Å². The average molecular weight is 408 g/mol. The lowest BCUT2D eigenvalue weighted by atomic mass is 9.98. The van der Waals surface area contributed by atoms with Crippen LogP contribution in [0.1, 0.15) is 46.6 Å². The molecule has 8 heteroatoms. The van der Waals surface area contributed by atoms with Gasteiger partial charge in [0.15, 0.2) is 0 Å². The van der Waals surface area contributed by atoms with Gasteiger partial charge in [-0.3, -0.25) is 4.79 Å². The molecule has 0 aromatic heterocycles. The van der Waals surface area contributed by atoms with Gasteiger partial charge in [-0.25, -0.2) is 9.59 Å². The molecule has 1 aromatic carbocycles. The van der Waals surface area contributed by atoms with Crippen molar-refractivity contribution in [1.29, 1.82) is 0 Å². The fraction of sp³-hybridized carbons (Fsp3) is 0.571. The standard InChI is InChI=1S/C21H33N3O5/c1-6-15(2)17(24-20(27)29-21(3,4)5)18(25)22-12-13-23-19(26)28-14-16-10-8-7-9-11-16/h7-11,15,17H,6,12-14H2,1-5H3,(H,22,25)(H,23,26)(H,24,27)/t15-,17-/m0/s1. The van der Waals surface area contributed by atoms with E-state index in [1.165, 1.54) is 0 Å². The molecule has 0 saturated heterocycles. The van der Waals surface area contributed by atoms with Crippen molar-refractivity contribution < 1.29 is 23.9 Å². The highest BCUT2D eigenvalue weighted by molar-refractivity contribution is 5.86. The third-order valence-electron chi connectivity index (χ3n) is 4.07. The molecule has 0 spiro atoms. The van der Waals surface area contributed by atoms with Crippen LogP contribution in [0.2, 0.25) is 0 Å². The first kappa shape index (κ1) is 24.3. The number of nitrogens with one attached hydrogen (secondary N) is 3. The minimum absolute atomic E-state index is 0.0775. The minimum atomic E-state index is -0.722. The Morgan fingerprint density at radius 2 is 1.62 bits per heavy atom. The molecular formula is C21H33N3O5. The van der Waals surface area contributed by atoms with Crippen molar-refractivity contribution in [3.05, 3.63) is 35.9 Å². The van der Waals surface area contributed by atoms with E-state index in [0.29, 0.717) is 6.42 Å². The van der Waals surface area contributed by atoms with Crippen molar-refractivity contribution in [3.63, 3.8) is 0 Å². The number of benzene rings is 1. The maximum absolute atomic E-state index is 12.5. The Labute approximate surface area is 172 Å². The van der Waals surface area contributed by atoms with Crippen LogP contribution in [0.3, 0.4) is 0 Å². The van der Waals surface area contributed by atoms with Gasteiger partial charge in [-0.2, -0.15) is 0 Å². The summed E-state index contributed by atoms with van der Waals surface area (Å²) in [4.78, 5) is 36.2. The smallest absolute Gasteiger partial charge is 0.408 e. The number of hydrogen-bond donors (Lipinski definition) is 3. The van der Waals surface area contributed by atoms with Crippen molar-refractivity contribution in [2.24, 2.45) is 5.92 Å². The molecule has 3 N–H and O–H groups in total. The van der Waals surface area contributed by atoms with Crippen molar-refractivity contribution >= 4 is 18.1 Å². The highest BCUT2D eigenvalue weighted by atomic mass is 16.6. The summed E-state index contributed by atoms with van der Waals surface area (Å²) in [6.07, 6.45) is -0.494. The average Bonchev–Trinajstić information content (AvgIpc) is 2.66. The Morgan fingerprint density at radius 3 is 2.21 bits per heavy atom. The lowest BCUT2D eigenvalue weighted by molar-refractivity contribution is -0.124. The van der Waals surface area contributed by atoms with Gasteiger partial charge < -0.3 is 25.4 Å². The van der Waals surface area contributed by atoms with Gasteiger partial charge in [-0.1, -0.05) is 50.6 Å². The highest BCUT2D eigenvalue weighted by Gasteiger charge is 2.28. The molecule has 29 heavy (non-hydrogen) atoms. The maximum Gasteiger partial charge on any atom is 0.408 e. The lowest BCUT2D eigenvalue weighted by Gasteiger charge is -2.26. The fourth-order valence-electron chi connectivity index (χ4n) is 2.37. The summed E-state index contributed by atoms with van der Waals surface area (Å²) in [6.45, 7) is 9.68. The number of carbonyl (C=O) groups is 3. The Kier molecular flexibility index (Phi) is 9.99. The van der Waals surface area contributed by atoms with Crippen LogP contribution in [0.25, 0.3) is 0 Å². The van der Waals surface area contributed by atoms with Crippen LogP contribution in [0.15, 0.2) is 30.3 Å². The Morgan fingerprint density at radius 1 is 1.00 bits per heavy atom. The van der Waals surface area contributed by atoms with Gasteiger partial charge in [-0.15, -0.1) is 0 Å². The van der Waals surface area contributed by atoms with E-state index in [2.05, 4.69) is 16.0 Å². The predicted octanol–water partition coefficient (Wildman–Crippen LogP) is 2.97. The molecule has 2 atom stereocenters. The van der Waals surface area contributed by atoms with Gasteiger partial charge in [0.05, 0.1) is 0 Å². The second-order valence-electron chi connectivity index (χ2n) is 7.79. The molecule has 1 rings (SSSR count). The molecule has 0 aliphatic heterocycles. The van der Waals surface area contributed by atoms with E-state index < -0.39 is 23.8 Å². The van der Waals surface area contributed by atoms with Crippen molar-refractivity contribution in [3.8, 4) is 0 Å². The first-order valence-electron chi connectivity index (χ1n) is 9.84. The summed E-state index contributed by atoms with van der Waals surface area (Å²) >= 11 is 0. The Bertz CT molecular complexity index is 658. The first-order valence-corrected chi connectivity index (χ1v) is 9.84. The second kappa shape index (κ2) is 11.9. The molecule has 0 saturated carbocycles. The molecule has 0 aliphatic carbocycles. The summed E-state index contributed by atoms with van der Waals surface area (Å²) in [7, 11) is 0. The lowest BCUT2D eigenvalue weighted by Crippen LogP contribution is -2.52. The minimum Gasteiger partial charge on any atom is -0.445 e. The topological polar surface area (TPSA) is 106 Å². The molecular weight excluding hydrogens is 374 g/mol. The van der Waals surface area contributed by atoms with Crippen LogP contribution in [-0.4, -0.2) is 42.8 Å². The van der Waals surface area contributed by atoms with Gasteiger partial charge in [0.25, 0.3) is 0 Å². The molecule has 0 unspecified atom stereocenters. The summed E-state index contributed by atoms with van der Waals surface area (Å²) in [5.41, 5.74) is 0.241. The van der Waals surface area contributed by atoms with Gasteiger partial charge in [-0.05, 0) is 32.3 Å². The predicted molar refractivity (Wildman–Crippen MR) is 110 cm³/mol. The van der Waals surface area contributed by atoms with E-state index in [1.807, 2.05) is 44.2 Å². The fourth-order valence-corrected chi connectivity index (χ4v) is 2.37. The van der Waals surface area contributed by atoms with E-state index in [9.17, 15) is 14.4 Å². The number of carbonyl (C=O) groups excluding carboxylic acids is 3. The van der Waals surface area contributed by atoms with Crippen molar-refractivity contribution in [1.82, 2.24) is 16.0 Å². The molecule has 1 aromatic rings. The van der Waals surface area contributed by atoms with E-state index >= 15 is 0 Å². The quantitative estimate of drug-likeness (QED) is 0.546. The number of alkyl carbamates (subject to hydrolysis) is 2. The normalized spacial score (nSPS) is 13.0. The Hall–Kier alpha value is -2.77. The molecule has 3 amide bonds. The second-order valence-corrected chi connectivity index (χ2v) is 7.79. The number of ether oxygens (including phenoxy) is 2. The monoisotopic (exact) mass is 407 g/mol. The van der Waals surface area contributed by atoms with Gasteiger partial charge in [0.2, 0.25) is 5.91 Å². The van der Waals surface area contributed by atoms with Gasteiger partial charge >= 0.3 is 12.2 Å². The number of rotatable bonds is 9. The molecule has 0 aliphatic rings. The van der Waals surface area contributed by atoms with Crippen LogP contribution < -0.4 is 16.0 Å². The number of hydrogen-bond acceptors (Lipinski definition) is 5. The molecule has 0 heterocycles. The van der Waals surface area contributed by atoms with Gasteiger partial charge in [0.1, 0.15) is 18.2 Å². The van der Waals surface area contributed by atoms with E-state index in [-0.39, 0.29) is 31.5 Å². The van der Waals surface area contributed by atoms with Crippen LogP contribution >= 0.6 is 0 Å². The zero-order valence-electron chi connectivity index (χ0n) is 17.9. The molecule has 162 valence electrons. The molecule has 0 bridgehead atoms. The van der Waals surface area contributed by atoms with Crippen LogP contribution in [0.4, 0.5) is 9.59 Å². The Balaban J connectivity index is 2.38. The zero-order valence-corrected chi connectivity index (χ0v) is 17.9. The summed E-state index contributed by atoms with van der Waals surface area (Å²) < 4.78 is 10.3. The summed E-state index contributed by atoms with van der Waals surface area (Å²) in [5, 5.41) is 7.92. The third kappa shape index (κ3) is 10.4. The zero-order chi connectivity index (χ0) is 21.9. The van der Waals surface area contributed by atoms with Crippen molar-refractivity contribution in [2.75, 3.05) is 13.1 Å². The largest absolute Gasteiger partial charge is 0.445 e. The summed E-state index contributed by atoms with van der Waals surface area (Å²) in [5.74, 6) is -0.407. The van der Waals surface area contributed by atoms with Crippen LogP contribution in [-0.2, 0) is 20.9 Å². The van der Waals surface area contributed by atoms with E-state index in [0.717, 1.165) is 5.56 Å². The van der Waals surface area contributed by atoms with Crippen LogP contribution in [0, 0.1) is 5.92 Å². The van der Waals surface area contributed by atoms with Crippen molar-refractivity contribution in [2.45, 2.75) is 59.3 Å². The first-order chi connectivity index (χ1) is 13.6. The SMILES string of the molecule is CC[C@H](C)[C@H](NC(=O)OC(C)(C)C)C(=O)NCCNC(=O)OCc1ccccc1. The maximum atomic E-state index is 12.5. The summed E-state index contributed by atoms with van der Waals surface area (Å²) in [6, 6.07) is 8.62. The number of amides is 3. The molecule has 8 nitrogen and oxygen atoms in total. The van der Waals surface area contributed by atoms with Crippen LogP contribution in [0.5, 0.6) is 0 Å².